The maximum absolute atomic E-state index is 5.06. The van der Waals surface area contributed by atoms with Gasteiger partial charge in [-0.15, -0.1) is 0 Å². The number of nitrogens with zero attached hydrogens (tertiary/aromatic N) is 9. The van der Waals surface area contributed by atoms with Crippen molar-refractivity contribution >= 4 is 129 Å². The van der Waals surface area contributed by atoms with E-state index in [9.17, 15) is 0 Å². The van der Waals surface area contributed by atoms with Crippen LogP contribution in [0, 0.1) is 0 Å². The second kappa shape index (κ2) is 30.2. The molecule has 120 heavy (non-hydrogen) atoms. The maximum Gasteiger partial charge on any atom is 0.164 e. The van der Waals surface area contributed by atoms with Crippen LogP contribution in [0.25, 0.3) is 232 Å². The molecule has 0 aliphatic carbocycles. The molecule has 0 spiro atoms. The van der Waals surface area contributed by atoms with Gasteiger partial charge in [0.15, 0.2) is 52.4 Å². The van der Waals surface area contributed by atoms with Crippen molar-refractivity contribution in [3.63, 3.8) is 0 Å². The van der Waals surface area contributed by atoms with Gasteiger partial charge in [-0.2, -0.15) is 0 Å². The number of rotatable bonds is 9. The molecule has 0 aliphatic heterocycles. The SMILES string of the molecule is c1ccc(-c2nc(-c3ccc4ccccc4c3)nc(-c3ccc4c(ccc5c6ccccc6ccc45)c3)n2)cc1.c1ccc(-c2nc(-c3ccccc3)nc(-c3ccc4c(ccc5c6ccccc6ccc45)c3)n2)cc1.c1ccc2cc(-c3nc(-c4ccc5ccccc5c4)nc(-c4ccc5c(ccc6c7ccccc7ccc56)c4)n3)ccc2c1. The molecule has 0 bridgehead atoms. The Morgan fingerprint density at radius 1 is 0.0917 bits per heavy atom. The minimum atomic E-state index is 0.659. The summed E-state index contributed by atoms with van der Waals surface area (Å²) in [5.74, 6) is 5.99. The Kier molecular flexibility index (Phi) is 17.7. The van der Waals surface area contributed by atoms with Crippen molar-refractivity contribution in [1.29, 1.82) is 0 Å². The molecular formula is C111H69N9. The van der Waals surface area contributed by atoms with E-state index < -0.39 is 0 Å². The predicted molar refractivity (Wildman–Crippen MR) is 498 cm³/mol. The van der Waals surface area contributed by atoms with Crippen LogP contribution in [0.4, 0.5) is 0 Å². The lowest BCUT2D eigenvalue weighted by Crippen LogP contribution is -2.00. The Bertz CT molecular complexity index is 8030. The fourth-order valence-corrected chi connectivity index (χ4v) is 16.9. The lowest BCUT2D eigenvalue weighted by molar-refractivity contribution is 1.07. The van der Waals surface area contributed by atoms with Gasteiger partial charge in [0.2, 0.25) is 0 Å². The second-order valence-corrected chi connectivity index (χ2v) is 30.4. The van der Waals surface area contributed by atoms with E-state index in [2.05, 4.69) is 328 Å². The summed E-state index contributed by atoms with van der Waals surface area (Å²) in [6.07, 6.45) is 0. The number of hydrogen-bond donors (Lipinski definition) is 0. The Morgan fingerprint density at radius 3 is 0.500 bits per heavy atom. The smallest absolute Gasteiger partial charge is 0.164 e. The van der Waals surface area contributed by atoms with Gasteiger partial charge in [-0.25, -0.2) is 44.9 Å². The van der Waals surface area contributed by atoms with E-state index in [1.807, 2.05) is 91.0 Å². The van der Waals surface area contributed by atoms with Crippen molar-refractivity contribution in [1.82, 2.24) is 44.9 Å². The summed E-state index contributed by atoms with van der Waals surface area (Å²) in [5, 5.41) is 29.3. The van der Waals surface area contributed by atoms with Crippen LogP contribution in [0.2, 0.25) is 0 Å². The van der Waals surface area contributed by atoms with Crippen LogP contribution < -0.4 is 0 Å². The fraction of sp³-hybridized carbons (Fsp3) is 0. The van der Waals surface area contributed by atoms with Crippen LogP contribution in [-0.4, -0.2) is 44.9 Å². The largest absolute Gasteiger partial charge is 0.208 e. The fourth-order valence-electron chi connectivity index (χ4n) is 16.9. The van der Waals surface area contributed by atoms with E-state index in [1.165, 1.54) is 102 Å². The molecule has 0 fully saturated rings. The molecule has 0 saturated carbocycles. The predicted octanol–water partition coefficient (Wildman–Crippen LogP) is 28.5. The minimum absolute atomic E-state index is 0.659. The summed E-state index contributed by atoms with van der Waals surface area (Å²) < 4.78 is 0. The van der Waals surface area contributed by atoms with Crippen molar-refractivity contribution in [2.24, 2.45) is 0 Å². The molecule has 9 nitrogen and oxygen atoms in total. The normalized spacial score (nSPS) is 11.5. The van der Waals surface area contributed by atoms with Crippen LogP contribution in [-0.2, 0) is 0 Å². The summed E-state index contributed by atoms with van der Waals surface area (Å²) in [5.41, 5.74) is 8.71. The second-order valence-electron chi connectivity index (χ2n) is 30.4. The van der Waals surface area contributed by atoms with Crippen molar-refractivity contribution < 1.29 is 0 Å². The van der Waals surface area contributed by atoms with E-state index in [-0.39, 0.29) is 0 Å². The Balaban J connectivity index is 0.000000109. The van der Waals surface area contributed by atoms with Gasteiger partial charge in [-0.05, 0) is 166 Å². The molecule has 0 N–H and O–H groups in total. The van der Waals surface area contributed by atoms with Crippen LogP contribution in [0.15, 0.2) is 419 Å². The molecule has 0 unspecified atom stereocenters. The van der Waals surface area contributed by atoms with Gasteiger partial charge in [0.1, 0.15) is 0 Å². The van der Waals surface area contributed by atoms with E-state index in [1.54, 1.807) is 0 Å². The first kappa shape index (κ1) is 70.4. The van der Waals surface area contributed by atoms with E-state index in [0.717, 1.165) is 77.0 Å². The van der Waals surface area contributed by atoms with Crippen molar-refractivity contribution in [2.75, 3.05) is 0 Å². The van der Waals surface area contributed by atoms with Gasteiger partial charge < -0.3 is 0 Å². The maximum atomic E-state index is 5.06. The van der Waals surface area contributed by atoms with Crippen LogP contribution in [0.5, 0.6) is 0 Å². The number of fused-ring (bicyclic) bond motifs is 18. The van der Waals surface area contributed by atoms with Crippen LogP contribution in [0.1, 0.15) is 0 Å². The Hall–Kier alpha value is -16.2. The van der Waals surface area contributed by atoms with Gasteiger partial charge >= 0.3 is 0 Å². The quantitative estimate of drug-likeness (QED) is 0.130. The number of aromatic nitrogens is 9. The van der Waals surface area contributed by atoms with Crippen molar-refractivity contribution in [2.45, 2.75) is 0 Å². The van der Waals surface area contributed by atoms with Crippen molar-refractivity contribution in [3.8, 4) is 102 Å². The molecule has 0 radical (unpaired) electrons. The highest BCUT2D eigenvalue weighted by Gasteiger charge is 2.20. The lowest BCUT2D eigenvalue weighted by Gasteiger charge is -2.11. The van der Waals surface area contributed by atoms with Crippen molar-refractivity contribution in [3.05, 3.63) is 419 Å². The minimum Gasteiger partial charge on any atom is -0.208 e. The molecule has 3 heterocycles. The molecule has 0 amide bonds. The zero-order chi connectivity index (χ0) is 79.4. The molecule has 0 saturated heterocycles. The topological polar surface area (TPSA) is 116 Å². The molecule has 9 heteroatoms. The van der Waals surface area contributed by atoms with Gasteiger partial charge in [0, 0.05) is 50.1 Å². The molecule has 0 atom stereocenters. The monoisotopic (exact) mass is 1530 g/mol. The third-order valence-corrected chi connectivity index (χ3v) is 23.0. The molecule has 24 rings (SSSR count). The van der Waals surface area contributed by atoms with Gasteiger partial charge in [0.25, 0.3) is 0 Å². The lowest BCUT2D eigenvalue weighted by atomic mass is 9.96. The van der Waals surface area contributed by atoms with E-state index >= 15 is 0 Å². The standard InChI is InChI=1S/C41H25N3.C37H23N3.C33H21N3/c1-3-10-29-23-32(15-13-26(29)7-1)39-42-40(33-16-14-27-8-2-4-11-30(27)24-33)44-41(43-39)34-19-20-36-31(25-34)18-22-37-35-12-6-5-9-28(35)17-21-38(36)37;1-2-10-26(11-3-1)35-38-36(29-15-14-24-8-4-5-12-27(24)22-29)40-37(39-35)30-18-19-32-28(23-30)17-21-33-31-13-7-6-9-25(31)16-20-34(32)33;1-3-10-23(11-4-1)31-34-32(24-12-5-2-6-13-24)36-33(35-31)26-17-18-28-25(21-26)16-20-29-27-14-8-7-9-22(27)15-19-30(28)29/h1-25H;1-23H;1-21H. The first-order valence-electron chi connectivity index (χ1n) is 40.4. The Labute approximate surface area is 690 Å². The van der Waals surface area contributed by atoms with Crippen LogP contribution in [0.3, 0.4) is 0 Å². The third-order valence-electron chi connectivity index (χ3n) is 23.0. The van der Waals surface area contributed by atoms with Gasteiger partial charge in [-0.1, -0.05) is 382 Å². The van der Waals surface area contributed by atoms with E-state index in [4.69, 9.17) is 44.9 Å². The third kappa shape index (κ3) is 13.4. The molecule has 21 aromatic carbocycles. The zero-order valence-corrected chi connectivity index (χ0v) is 64.9. The molecule has 558 valence electrons. The molecular weight excluding hydrogens is 1460 g/mol. The molecule has 0 aliphatic rings. The summed E-state index contributed by atoms with van der Waals surface area (Å²) in [4.78, 5) is 44.6. The van der Waals surface area contributed by atoms with Gasteiger partial charge in [-0.3, -0.25) is 0 Å². The zero-order valence-electron chi connectivity index (χ0n) is 64.9. The average molecular weight is 1530 g/mol. The Morgan fingerprint density at radius 2 is 0.250 bits per heavy atom. The first-order valence-corrected chi connectivity index (χ1v) is 40.4. The summed E-state index contributed by atoms with van der Waals surface area (Å²) >= 11 is 0. The first-order chi connectivity index (χ1) is 59.4. The highest BCUT2D eigenvalue weighted by Crippen LogP contribution is 2.40. The highest BCUT2D eigenvalue weighted by molar-refractivity contribution is 6.20. The summed E-state index contributed by atoms with van der Waals surface area (Å²) in [6, 6.07) is 146. The molecule has 3 aromatic heterocycles. The summed E-state index contributed by atoms with van der Waals surface area (Å²) in [7, 11) is 0. The van der Waals surface area contributed by atoms with E-state index in [0.29, 0.717) is 52.4 Å². The average Bonchev–Trinajstić information content (AvgIpc) is 0.745. The highest BCUT2D eigenvalue weighted by atomic mass is 15.1. The van der Waals surface area contributed by atoms with Gasteiger partial charge in [0.05, 0.1) is 0 Å². The number of benzene rings is 21. The summed E-state index contributed by atoms with van der Waals surface area (Å²) in [6.45, 7) is 0. The number of hydrogen-bond acceptors (Lipinski definition) is 9. The molecule has 24 aromatic rings. The van der Waals surface area contributed by atoms with Crippen LogP contribution >= 0.6 is 0 Å².